The van der Waals surface area contributed by atoms with Crippen molar-refractivity contribution >= 4 is 37.7 Å². The first-order chi connectivity index (χ1) is 10.4. The van der Waals surface area contributed by atoms with Crippen molar-refractivity contribution in [1.82, 2.24) is 4.72 Å². The van der Waals surface area contributed by atoms with Crippen LogP contribution in [0.3, 0.4) is 0 Å². The fourth-order valence-corrected chi connectivity index (χ4v) is 2.86. The highest BCUT2D eigenvalue weighted by molar-refractivity contribution is 9.10. The summed E-state index contributed by atoms with van der Waals surface area (Å²) in [5.41, 5.74) is 0.369. The lowest BCUT2D eigenvalue weighted by Gasteiger charge is -2.11. The molecule has 0 aliphatic heterocycles. The van der Waals surface area contributed by atoms with E-state index in [1.807, 2.05) is 4.72 Å². The number of amides is 2. The van der Waals surface area contributed by atoms with Crippen LogP contribution >= 0.6 is 15.9 Å². The Labute approximate surface area is 136 Å². The van der Waals surface area contributed by atoms with Crippen LogP contribution in [0.4, 0.5) is 10.5 Å². The molecule has 0 fully saturated rings. The van der Waals surface area contributed by atoms with Crippen molar-refractivity contribution in [3.05, 3.63) is 53.0 Å². The Hall–Kier alpha value is -2.06. The van der Waals surface area contributed by atoms with Gasteiger partial charge in [0.1, 0.15) is 5.75 Å². The van der Waals surface area contributed by atoms with E-state index < -0.39 is 16.1 Å². The fraction of sp³-hybridized carbons (Fsp3) is 0.0714. The number of urea groups is 1. The Balaban J connectivity index is 2.13. The summed E-state index contributed by atoms with van der Waals surface area (Å²) in [5.74, 6) is 0.429. The van der Waals surface area contributed by atoms with Gasteiger partial charge in [0.05, 0.1) is 17.7 Å². The van der Waals surface area contributed by atoms with Crippen LogP contribution in [0.5, 0.6) is 5.75 Å². The first-order valence-corrected chi connectivity index (χ1v) is 8.42. The molecule has 22 heavy (non-hydrogen) atoms. The number of benzene rings is 2. The zero-order valence-electron chi connectivity index (χ0n) is 11.5. The number of methoxy groups -OCH3 is 1. The maximum atomic E-state index is 12.1. The molecule has 2 amide bonds. The maximum absolute atomic E-state index is 12.1. The van der Waals surface area contributed by atoms with Gasteiger partial charge in [-0.25, -0.2) is 17.9 Å². The molecule has 0 unspecified atom stereocenters. The fourth-order valence-electron chi connectivity index (χ4n) is 1.69. The maximum Gasteiger partial charge on any atom is 0.333 e. The monoisotopic (exact) mass is 384 g/mol. The third-order valence-electron chi connectivity index (χ3n) is 2.71. The molecule has 2 aromatic rings. The number of sulfonamides is 1. The van der Waals surface area contributed by atoms with Crippen molar-refractivity contribution < 1.29 is 17.9 Å². The van der Waals surface area contributed by atoms with Gasteiger partial charge in [-0.05, 0) is 36.4 Å². The normalized spacial score (nSPS) is 10.8. The number of anilines is 1. The van der Waals surface area contributed by atoms with Crippen LogP contribution in [0.1, 0.15) is 0 Å². The van der Waals surface area contributed by atoms with Gasteiger partial charge >= 0.3 is 6.03 Å². The Morgan fingerprint density at radius 3 is 2.36 bits per heavy atom. The molecule has 2 rings (SSSR count). The summed E-state index contributed by atoms with van der Waals surface area (Å²) in [6, 6.07) is 11.8. The molecule has 116 valence electrons. The van der Waals surface area contributed by atoms with Crippen molar-refractivity contribution in [2.24, 2.45) is 0 Å². The van der Waals surface area contributed by atoms with Gasteiger partial charge in [0.15, 0.2) is 0 Å². The van der Waals surface area contributed by atoms with Gasteiger partial charge in [0.2, 0.25) is 0 Å². The molecule has 0 aromatic heterocycles. The molecule has 0 saturated heterocycles. The number of carbonyl (C=O) groups excluding carboxylic acids is 1. The number of para-hydroxylation sites is 2. The van der Waals surface area contributed by atoms with E-state index >= 15 is 0 Å². The van der Waals surface area contributed by atoms with Gasteiger partial charge in [-0.15, -0.1) is 0 Å². The quantitative estimate of drug-likeness (QED) is 0.848. The van der Waals surface area contributed by atoms with Crippen molar-refractivity contribution in [2.75, 3.05) is 12.4 Å². The van der Waals surface area contributed by atoms with E-state index in [9.17, 15) is 13.2 Å². The summed E-state index contributed by atoms with van der Waals surface area (Å²) >= 11 is 3.21. The summed E-state index contributed by atoms with van der Waals surface area (Å²) in [4.78, 5) is 11.9. The zero-order valence-corrected chi connectivity index (χ0v) is 13.9. The molecule has 8 heteroatoms. The molecule has 0 aliphatic rings. The van der Waals surface area contributed by atoms with Crippen molar-refractivity contribution in [2.45, 2.75) is 4.90 Å². The van der Waals surface area contributed by atoms with E-state index in [0.717, 1.165) is 4.47 Å². The topological polar surface area (TPSA) is 84.5 Å². The highest BCUT2D eigenvalue weighted by atomic mass is 79.9. The highest BCUT2D eigenvalue weighted by Gasteiger charge is 2.18. The number of halogens is 1. The number of ether oxygens (including phenoxy) is 1. The second-order valence-corrected chi connectivity index (χ2v) is 6.81. The molecular weight excluding hydrogens is 372 g/mol. The zero-order chi connectivity index (χ0) is 16.2. The number of rotatable bonds is 4. The number of hydrogen-bond acceptors (Lipinski definition) is 4. The molecule has 0 bridgehead atoms. The molecule has 0 saturated carbocycles. The van der Waals surface area contributed by atoms with E-state index in [0.29, 0.717) is 11.4 Å². The van der Waals surface area contributed by atoms with Crippen molar-refractivity contribution in [3.63, 3.8) is 0 Å². The Kier molecular flexibility index (Phi) is 5.04. The largest absolute Gasteiger partial charge is 0.495 e. The lowest BCUT2D eigenvalue weighted by atomic mass is 10.3. The molecule has 2 N–H and O–H groups in total. The number of hydrogen-bond donors (Lipinski definition) is 2. The predicted molar refractivity (Wildman–Crippen MR) is 86.5 cm³/mol. The van der Waals surface area contributed by atoms with Crippen LogP contribution < -0.4 is 14.8 Å². The van der Waals surface area contributed by atoms with Crippen molar-refractivity contribution in [1.29, 1.82) is 0 Å². The van der Waals surface area contributed by atoms with E-state index in [1.165, 1.54) is 19.2 Å². The highest BCUT2D eigenvalue weighted by Crippen LogP contribution is 2.23. The van der Waals surface area contributed by atoms with E-state index in [-0.39, 0.29) is 4.90 Å². The number of carbonyl (C=O) groups is 1. The third-order valence-corrected chi connectivity index (χ3v) is 4.58. The molecule has 0 heterocycles. The standard InChI is InChI=1S/C14H13BrN2O4S/c1-21-13-5-3-2-4-12(13)16-14(18)17-22(19,20)11-8-6-10(15)7-9-11/h2-9H,1H3,(H2,16,17,18). The second kappa shape index (κ2) is 6.80. The summed E-state index contributed by atoms with van der Waals surface area (Å²) in [6.07, 6.45) is 0. The Morgan fingerprint density at radius 1 is 1.09 bits per heavy atom. The average Bonchev–Trinajstić information content (AvgIpc) is 2.47. The summed E-state index contributed by atoms with van der Waals surface area (Å²) in [6.45, 7) is 0. The summed E-state index contributed by atoms with van der Waals surface area (Å²) in [7, 11) is -2.48. The lowest BCUT2D eigenvalue weighted by Crippen LogP contribution is -2.34. The van der Waals surface area contributed by atoms with Gasteiger partial charge in [-0.2, -0.15) is 0 Å². The van der Waals surface area contributed by atoms with Crippen molar-refractivity contribution in [3.8, 4) is 5.75 Å². The smallest absolute Gasteiger partial charge is 0.333 e. The summed E-state index contributed by atoms with van der Waals surface area (Å²) < 4.78 is 31.9. The molecule has 0 radical (unpaired) electrons. The first kappa shape index (κ1) is 16.3. The first-order valence-electron chi connectivity index (χ1n) is 6.15. The molecule has 6 nitrogen and oxygen atoms in total. The molecule has 0 atom stereocenters. The van der Waals surface area contributed by atoms with Crippen LogP contribution in [-0.2, 0) is 10.0 Å². The predicted octanol–water partition coefficient (Wildman–Crippen LogP) is 2.97. The minimum Gasteiger partial charge on any atom is -0.495 e. The Bertz CT molecular complexity index is 776. The summed E-state index contributed by atoms with van der Waals surface area (Å²) in [5, 5.41) is 2.44. The van der Waals surface area contributed by atoms with Gasteiger partial charge in [0.25, 0.3) is 10.0 Å². The average molecular weight is 385 g/mol. The van der Waals surface area contributed by atoms with Crippen LogP contribution in [0, 0.1) is 0 Å². The van der Waals surface area contributed by atoms with Crippen LogP contribution in [-0.4, -0.2) is 21.6 Å². The van der Waals surface area contributed by atoms with Gasteiger partial charge in [0, 0.05) is 4.47 Å². The van der Waals surface area contributed by atoms with Gasteiger partial charge < -0.3 is 10.1 Å². The Morgan fingerprint density at radius 2 is 1.73 bits per heavy atom. The van der Waals surface area contributed by atoms with Gasteiger partial charge in [-0.1, -0.05) is 28.1 Å². The van der Waals surface area contributed by atoms with E-state index in [2.05, 4.69) is 21.2 Å². The second-order valence-electron chi connectivity index (χ2n) is 4.21. The van der Waals surface area contributed by atoms with Crippen LogP contribution in [0.2, 0.25) is 0 Å². The minimum atomic E-state index is -3.94. The van der Waals surface area contributed by atoms with Crippen LogP contribution in [0.15, 0.2) is 57.9 Å². The third kappa shape index (κ3) is 3.99. The SMILES string of the molecule is COc1ccccc1NC(=O)NS(=O)(=O)c1ccc(Br)cc1. The van der Waals surface area contributed by atoms with Crippen LogP contribution in [0.25, 0.3) is 0 Å². The molecule has 0 aliphatic carbocycles. The molecule has 0 spiro atoms. The number of nitrogens with one attached hydrogen (secondary N) is 2. The minimum absolute atomic E-state index is 0.00845. The molecular formula is C14H13BrN2O4S. The van der Waals surface area contributed by atoms with Gasteiger partial charge in [-0.3, -0.25) is 0 Å². The molecule has 2 aromatic carbocycles. The lowest BCUT2D eigenvalue weighted by molar-refractivity contribution is 0.256. The van der Waals surface area contributed by atoms with E-state index in [1.54, 1.807) is 36.4 Å². The van der Waals surface area contributed by atoms with E-state index in [4.69, 9.17) is 4.74 Å².